The zero-order chi connectivity index (χ0) is 13.8. The Labute approximate surface area is 109 Å². The van der Waals surface area contributed by atoms with Gasteiger partial charge in [0.2, 0.25) is 0 Å². The Bertz CT molecular complexity index is 602. The second kappa shape index (κ2) is 5.34. The number of amides is 1. The maximum atomic E-state index is 11.9. The molecule has 1 aromatic carbocycles. The summed E-state index contributed by atoms with van der Waals surface area (Å²) >= 11 is 0. The van der Waals surface area contributed by atoms with Crippen molar-refractivity contribution in [3.05, 3.63) is 47.8 Å². The zero-order valence-electron chi connectivity index (χ0n) is 10.3. The molecule has 0 fully saturated rings. The van der Waals surface area contributed by atoms with Crippen molar-refractivity contribution in [2.75, 3.05) is 5.32 Å². The third kappa shape index (κ3) is 3.19. The fourth-order valence-corrected chi connectivity index (χ4v) is 1.67. The number of carboxylic acid groups (broad SMARTS) is 1. The zero-order valence-corrected chi connectivity index (χ0v) is 10.3. The van der Waals surface area contributed by atoms with Crippen LogP contribution in [0, 0.1) is 0 Å². The van der Waals surface area contributed by atoms with E-state index in [1.807, 2.05) is 0 Å². The van der Waals surface area contributed by atoms with Gasteiger partial charge in [-0.2, -0.15) is 5.10 Å². The first-order valence-corrected chi connectivity index (χ1v) is 5.66. The van der Waals surface area contributed by atoms with Gasteiger partial charge in [-0.3, -0.25) is 14.3 Å². The number of carbonyl (C=O) groups is 2. The summed E-state index contributed by atoms with van der Waals surface area (Å²) in [6.45, 7) is 0. The minimum absolute atomic E-state index is 0.0318. The first kappa shape index (κ1) is 12.8. The van der Waals surface area contributed by atoms with Crippen molar-refractivity contribution in [1.82, 2.24) is 9.78 Å². The Hall–Kier alpha value is -2.63. The third-order valence-electron chi connectivity index (χ3n) is 2.62. The second-order valence-electron chi connectivity index (χ2n) is 4.06. The number of rotatable bonds is 4. The molecular weight excluding hydrogens is 246 g/mol. The number of aliphatic carboxylic acids is 1. The van der Waals surface area contributed by atoms with Crippen molar-refractivity contribution in [3.63, 3.8) is 0 Å². The maximum absolute atomic E-state index is 11.9. The molecule has 0 atom stereocenters. The van der Waals surface area contributed by atoms with Gasteiger partial charge in [0.1, 0.15) is 5.69 Å². The summed E-state index contributed by atoms with van der Waals surface area (Å²) in [6.07, 6.45) is 1.51. The van der Waals surface area contributed by atoms with Crippen molar-refractivity contribution >= 4 is 17.6 Å². The van der Waals surface area contributed by atoms with E-state index in [1.165, 1.54) is 4.68 Å². The molecule has 19 heavy (non-hydrogen) atoms. The monoisotopic (exact) mass is 259 g/mol. The van der Waals surface area contributed by atoms with E-state index in [9.17, 15) is 9.59 Å². The number of nitrogens with one attached hydrogen (secondary N) is 1. The summed E-state index contributed by atoms with van der Waals surface area (Å²) in [6, 6.07) is 8.31. The molecule has 98 valence electrons. The van der Waals surface area contributed by atoms with Crippen LogP contribution in [0.2, 0.25) is 0 Å². The first-order chi connectivity index (χ1) is 9.06. The van der Waals surface area contributed by atoms with E-state index < -0.39 is 5.97 Å². The van der Waals surface area contributed by atoms with Crippen LogP contribution in [0.15, 0.2) is 36.5 Å². The summed E-state index contributed by atoms with van der Waals surface area (Å²) in [4.78, 5) is 22.4. The van der Waals surface area contributed by atoms with Crippen LogP contribution < -0.4 is 5.32 Å². The number of benzene rings is 1. The molecule has 0 unspecified atom stereocenters. The average Bonchev–Trinajstić information content (AvgIpc) is 2.77. The number of nitrogens with zero attached hydrogens (tertiary/aromatic N) is 2. The Morgan fingerprint density at radius 1 is 1.26 bits per heavy atom. The van der Waals surface area contributed by atoms with Gasteiger partial charge in [0.15, 0.2) is 0 Å². The summed E-state index contributed by atoms with van der Waals surface area (Å²) in [5, 5.41) is 15.3. The van der Waals surface area contributed by atoms with Gasteiger partial charge in [-0.15, -0.1) is 0 Å². The number of aromatic nitrogens is 2. The highest BCUT2D eigenvalue weighted by atomic mass is 16.4. The average molecular weight is 259 g/mol. The summed E-state index contributed by atoms with van der Waals surface area (Å²) in [7, 11) is 1.69. The number of hydrogen-bond donors (Lipinski definition) is 2. The van der Waals surface area contributed by atoms with E-state index in [-0.39, 0.29) is 12.3 Å². The van der Waals surface area contributed by atoms with Crippen molar-refractivity contribution < 1.29 is 14.7 Å². The van der Waals surface area contributed by atoms with Crippen LogP contribution in [0.4, 0.5) is 5.69 Å². The van der Waals surface area contributed by atoms with Crippen LogP contribution >= 0.6 is 0 Å². The standard InChI is InChI=1S/C13H13N3O3/c1-16-11(6-7-14-16)13(19)15-10-4-2-9(3-5-10)8-12(17)18/h2-7H,8H2,1H3,(H,15,19)(H,17,18). The number of carbonyl (C=O) groups excluding carboxylic acids is 1. The normalized spacial score (nSPS) is 10.2. The molecule has 2 N–H and O–H groups in total. The molecule has 0 saturated heterocycles. The fraction of sp³-hybridized carbons (Fsp3) is 0.154. The highest BCUT2D eigenvalue weighted by Crippen LogP contribution is 2.11. The van der Waals surface area contributed by atoms with Crippen LogP contribution in [0.5, 0.6) is 0 Å². The molecule has 2 aromatic rings. The lowest BCUT2D eigenvalue weighted by atomic mass is 10.1. The lowest BCUT2D eigenvalue weighted by Crippen LogP contribution is -2.16. The molecule has 0 bridgehead atoms. The Balaban J connectivity index is 2.06. The molecule has 2 rings (SSSR count). The van der Waals surface area contributed by atoms with Gasteiger partial charge in [0.05, 0.1) is 6.42 Å². The summed E-state index contributed by atoms with van der Waals surface area (Å²) < 4.78 is 1.48. The van der Waals surface area contributed by atoms with Crippen LogP contribution in [-0.4, -0.2) is 26.8 Å². The van der Waals surface area contributed by atoms with Gasteiger partial charge < -0.3 is 10.4 Å². The van der Waals surface area contributed by atoms with Crippen LogP contribution in [0.25, 0.3) is 0 Å². The molecular formula is C13H13N3O3. The molecule has 6 heteroatoms. The summed E-state index contributed by atoms with van der Waals surface area (Å²) in [5.41, 5.74) is 1.75. The Kier molecular flexibility index (Phi) is 3.61. The quantitative estimate of drug-likeness (QED) is 0.866. The molecule has 0 aliphatic carbocycles. The molecule has 0 aliphatic rings. The van der Waals surface area contributed by atoms with Crippen LogP contribution in [-0.2, 0) is 18.3 Å². The molecule has 1 heterocycles. The predicted molar refractivity (Wildman–Crippen MR) is 68.9 cm³/mol. The lowest BCUT2D eigenvalue weighted by molar-refractivity contribution is -0.136. The largest absolute Gasteiger partial charge is 0.481 e. The third-order valence-corrected chi connectivity index (χ3v) is 2.62. The van der Waals surface area contributed by atoms with E-state index in [0.29, 0.717) is 16.9 Å². The number of anilines is 1. The minimum atomic E-state index is -0.883. The molecule has 1 amide bonds. The van der Waals surface area contributed by atoms with E-state index in [0.717, 1.165) is 0 Å². The van der Waals surface area contributed by atoms with Crippen molar-refractivity contribution in [3.8, 4) is 0 Å². The van der Waals surface area contributed by atoms with Crippen molar-refractivity contribution in [1.29, 1.82) is 0 Å². The van der Waals surface area contributed by atoms with E-state index in [4.69, 9.17) is 5.11 Å². The molecule has 0 spiro atoms. The van der Waals surface area contributed by atoms with Crippen LogP contribution in [0.1, 0.15) is 16.1 Å². The van der Waals surface area contributed by atoms with Crippen molar-refractivity contribution in [2.45, 2.75) is 6.42 Å². The highest BCUT2D eigenvalue weighted by molar-refractivity contribution is 6.03. The van der Waals surface area contributed by atoms with Crippen molar-refractivity contribution in [2.24, 2.45) is 7.05 Å². The number of aryl methyl sites for hydroxylation is 1. The lowest BCUT2D eigenvalue weighted by Gasteiger charge is -2.06. The van der Waals surface area contributed by atoms with Gasteiger partial charge in [0, 0.05) is 18.9 Å². The van der Waals surface area contributed by atoms with E-state index >= 15 is 0 Å². The van der Waals surface area contributed by atoms with Crippen LogP contribution in [0.3, 0.4) is 0 Å². The first-order valence-electron chi connectivity index (χ1n) is 5.66. The van der Waals surface area contributed by atoms with E-state index in [2.05, 4.69) is 10.4 Å². The van der Waals surface area contributed by atoms with Gasteiger partial charge in [-0.05, 0) is 23.8 Å². The molecule has 0 aliphatic heterocycles. The smallest absolute Gasteiger partial charge is 0.307 e. The van der Waals surface area contributed by atoms with Gasteiger partial charge in [0.25, 0.3) is 5.91 Å². The number of hydrogen-bond acceptors (Lipinski definition) is 3. The topological polar surface area (TPSA) is 84.2 Å². The summed E-state index contributed by atoms with van der Waals surface area (Å²) in [5.74, 6) is -1.14. The van der Waals surface area contributed by atoms with Gasteiger partial charge >= 0.3 is 5.97 Å². The fourth-order valence-electron chi connectivity index (χ4n) is 1.67. The minimum Gasteiger partial charge on any atom is -0.481 e. The van der Waals surface area contributed by atoms with E-state index in [1.54, 1.807) is 43.6 Å². The highest BCUT2D eigenvalue weighted by Gasteiger charge is 2.10. The Morgan fingerprint density at radius 2 is 1.95 bits per heavy atom. The number of carboxylic acids is 1. The maximum Gasteiger partial charge on any atom is 0.307 e. The molecule has 6 nitrogen and oxygen atoms in total. The molecule has 1 aromatic heterocycles. The predicted octanol–water partition coefficient (Wildman–Crippen LogP) is 1.30. The second-order valence-corrected chi connectivity index (χ2v) is 4.06. The Morgan fingerprint density at radius 3 is 2.47 bits per heavy atom. The molecule has 0 radical (unpaired) electrons. The SMILES string of the molecule is Cn1nccc1C(=O)Nc1ccc(CC(=O)O)cc1. The van der Waals surface area contributed by atoms with Gasteiger partial charge in [-0.1, -0.05) is 12.1 Å². The van der Waals surface area contributed by atoms with Gasteiger partial charge in [-0.25, -0.2) is 0 Å². The molecule has 0 saturated carbocycles.